The maximum absolute atomic E-state index is 5.97. The average molecular weight is 358 g/mol. The van der Waals surface area contributed by atoms with Crippen molar-refractivity contribution < 1.29 is 15.1 Å². The van der Waals surface area contributed by atoms with Gasteiger partial charge in [0.05, 0.1) is 11.9 Å². The van der Waals surface area contributed by atoms with Gasteiger partial charge in [-0.05, 0) is 30.8 Å². The summed E-state index contributed by atoms with van der Waals surface area (Å²) in [5, 5.41) is 5.96. The summed E-state index contributed by atoms with van der Waals surface area (Å²) in [5.74, 6) is 0. The van der Waals surface area contributed by atoms with Crippen molar-refractivity contribution in [2.24, 2.45) is 10.8 Å². The van der Waals surface area contributed by atoms with E-state index in [2.05, 4.69) is 52.9 Å². The molecule has 0 atom stereocenters. The van der Waals surface area contributed by atoms with Gasteiger partial charge < -0.3 is 11.5 Å². The molecule has 5 nitrogen and oxygen atoms in total. The number of benzene rings is 1. The summed E-state index contributed by atoms with van der Waals surface area (Å²) in [4.78, 5) is 4.32. The number of rotatable bonds is 2. The Bertz CT molecular complexity index is 639. The standard InChI is InChI=1S/C12H13N5S.ClH.Cu/c1-7-5-15-10(6-16-17-12(14)18)8-3-2-4-9(13)11(7)8;;/h2-6H,13H2,1H3,(H3,14,17,18);1H;/q;;+1/p-1. The first kappa shape index (κ1) is 16.7. The third kappa shape index (κ3) is 4.05. The van der Waals surface area contributed by atoms with Gasteiger partial charge in [-0.1, -0.05) is 12.1 Å². The Hall–Kier alpha value is -1.40. The number of thiocarbonyl (C=S) groups is 1. The number of hydrogen-bond donors (Lipinski definition) is 3. The first-order chi connectivity index (χ1) is 9.59. The molecule has 1 heterocycles. The summed E-state index contributed by atoms with van der Waals surface area (Å²) in [7, 11) is 4.20. The van der Waals surface area contributed by atoms with Crippen LogP contribution < -0.4 is 16.9 Å². The van der Waals surface area contributed by atoms with Crippen LogP contribution in [0, 0.1) is 6.92 Å². The van der Waals surface area contributed by atoms with Crippen LogP contribution in [0.4, 0.5) is 5.69 Å². The minimum absolute atomic E-state index is 0.113. The SMILES string of the molecule is Cc1cnc(C=NNC(N)=S)c2cccc(N)c12.[Cl][Cu]. The molecule has 2 rings (SSSR count). The first-order valence-corrected chi connectivity index (χ1v) is 7.13. The topological polar surface area (TPSA) is 89.3 Å². The third-order valence-corrected chi connectivity index (χ3v) is 2.62. The van der Waals surface area contributed by atoms with Crippen molar-refractivity contribution in [1.82, 2.24) is 10.4 Å². The number of hydrazone groups is 1. The molecular formula is C12H13ClCuN5S. The Balaban J connectivity index is 0.000000956. The average Bonchev–Trinajstić information content (AvgIpc) is 2.43. The van der Waals surface area contributed by atoms with Crippen molar-refractivity contribution in [3.05, 3.63) is 35.7 Å². The first-order valence-electron chi connectivity index (χ1n) is 5.43. The van der Waals surface area contributed by atoms with Crippen LogP contribution in [0.15, 0.2) is 29.5 Å². The van der Waals surface area contributed by atoms with Crippen molar-refractivity contribution in [2.75, 3.05) is 5.73 Å². The van der Waals surface area contributed by atoms with E-state index < -0.39 is 0 Å². The van der Waals surface area contributed by atoms with E-state index in [9.17, 15) is 0 Å². The number of aryl methyl sites for hydroxylation is 1. The second kappa shape index (κ2) is 8.01. The number of nitrogens with one attached hydrogen (secondary N) is 1. The molecule has 0 fully saturated rings. The summed E-state index contributed by atoms with van der Waals surface area (Å²) in [6, 6.07) is 5.70. The normalized spacial score (nSPS) is 10.2. The number of nitrogen functional groups attached to an aromatic ring is 1. The quantitative estimate of drug-likeness (QED) is 0.251. The summed E-state index contributed by atoms with van der Waals surface area (Å²) in [6.07, 6.45) is 3.33. The van der Waals surface area contributed by atoms with E-state index in [4.69, 9.17) is 11.5 Å². The Kier molecular flexibility index (Phi) is 6.67. The molecule has 0 radical (unpaired) electrons. The molecule has 20 heavy (non-hydrogen) atoms. The van der Waals surface area contributed by atoms with Crippen LogP contribution in [0.5, 0.6) is 0 Å². The van der Waals surface area contributed by atoms with Crippen LogP contribution in [0.2, 0.25) is 0 Å². The fraction of sp³-hybridized carbons (Fsp3) is 0.0833. The predicted octanol–water partition coefficient (Wildman–Crippen LogP) is 1.98. The number of aromatic nitrogens is 1. The van der Waals surface area contributed by atoms with E-state index in [1.165, 1.54) is 0 Å². The monoisotopic (exact) mass is 357 g/mol. The zero-order valence-corrected chi connectivity index (χ0v) is 13.0. The molecular weight excluding hydrogens is 345 g/mol. The van der Waals surface area contributed by atoms with Gasteiger partial charge in [-0.25, -0.2) is 0 Å². The van der Waals surface area contributed by atoms with E-state index in [0.717, 1.165) is 22.0 Å². The molecule has 0 aliphatic rings. The molecule has 110 valence electrons. The summed E-state index contributed by atoms with van der Waals surface area (Å²) >= 11 is 8.32. The molecule has 1 aromatic carbocycles. The van der Waals surface area contributed by atoms with E-state index in [-0.39, 0.29) is 5.11 Å². The van der Waals surface area contributed by atoms with E-state index in [1.54, 1.807) is 12.4 Å². The van der Waals surface area contributed by atoms with Gasteiger partial charge in [0.15, 0.2) is 5.11 Å². The predicted molar refractivity (Wildman–Crippen MR) is 84.3 cm³/mol. The van der Waals surface area contributed by atoms with Crippen molar-refractivity contribution in [1.29, 1.82) is 0 Å². The molecule has 2 aromatic rings. The number of anilines is 1. The molecule has 0 saturated carbocycles. The number of nitrogens with two attached hydrogens (primary N) is 2. The molecule has 1 aromatic heterocycles. The second-order valence-corrected chi connectivity index (χ2v) is 4.27. The van der Waals surface area contributed by atoms with Gasteiger partial charge >= 0.3 is 25.2 Å². The van der Waals surface area contributed by atoms with Crippen molar-refractivity contribution in [2.45, 2.75) is 6.92 Å². The molecule has 0 bridgehead atoms. The molecule has 0 aliphatic heterocycles. The molecule has 0 aliphatic carbocycles. The van der Waals surface area contributed by atoms with Crippen LogP contribution >= 0.6 is 22.3 Å². The van der Waals surface area contributed by atoms with Gasteiger partial charge in [-0.15, -0.1) is 0 Å². The number of hydrogen-bond acceptors (Lipinski definition) is 4. The Morgan fingerprint density at radius 2 is 2.20 bits per heavy atom. The van der Waals surface area contributed by atoms with Crippen LogP contribution in [0.25, 0.3) is 10.8 Å². The van der Waals surface area contributed by atoms with E-state index in [0.29, 0.717) is 5.69 Å². The number of nitrogens with zero attached hydrogens (tertiary/aromatic N) is 2. The summed E-state index contributed by atoms with van der Waals surface area (Å²) in [6.45, 7) is 1.97. The van der Waals surface area contributed by atoms with E-state index >= 15 is 0 Å². The van der Waals surface area contributed by atoms with Gasteiger partial charge in [0.25, 0.3) is 0 Å². The zero-order valence-electron chi connectivity index (χ0n) is 10.5. The van der Waals surface area contributed by atoms with Crippen molar-refractivity contribution in [3.8, 4) is 0 Å². The fourth-order valence-electron chi connectivity index (χ4n) is 1.78. The third-order valence-electron chi connectivity index (χ3n) is 2.53. The van der Waals surface area contributed by atoms with Gasteiger partial charge in [-0.3, -0.25) is 10.4 Å². The number of pyridine rings is 1. The van der Waals surface area contributed by atoms with Gasteiger partial charge in [0, 0.05) is 22.7 Å². The Labute approximate surface area is 134 Å². The summed E-state index contributed by atoms with van der Waals surface area (Å²) in [5.41, 5.74) is 16.2. The number of halogens is 1. The van der Waals surface area contributed by atoms with Crippen LogP contribution in [0.1, 0.15) is 11.3 Å². The maximum atomic E-state index is 5.97. The molecule has 0 spiro atoms. The zero-order chi connectivity index (χ0) is 15.1. The van der Waals surface area contributed by atoms with Gasteiger partial charge in [0.2, 0.25) is 0 Å². The molecule has 8 heteroatoms. The van der Waals surface area contributed by atoms with Crippen LogP contribution in [-0.2, 0) is 15.1 Å². The van der Waals surface area contributed by atoms with Gasteiger partial charge in [0.1, 0.15) is 0 Å². The minimum atomic E-state index is 0.113. The molecule has 5 N–H and O–H groups in total. The van der Waals surface area contributed by atoms with Crippen molar-refractivity contribution >= 4 is 50.1 Å². The van der Waals surface area contributed by atoms with Crippen LogP contribution in [0.3, 0.4) is 0 Å². The molecule has 0 saturated heterocycles. The van der Waals surface area contributed by atoms with E-state index in [1.807, 2.05) is 25.1 Å². The number of fused-ring (bicyclic) bond motifs is 1. The Morgan fingerprint density at radius 3 is 2.85 bits per heavy atom. The van der Waals surface area contributed by atoms with Crippen LogP contribution in [-0.4, -0.2) is 16.3 Å². The van der Waals surface area contributed by atoms with Crippen molar-refractivity contribution in [3.63, 3.8) is 0 Å². The molecule has 0 amide bonds. The molecule has 0 unspecified atom stereocenters. The summed E-state index contributed by atoms with van der Waals surface area (Å²) < 4.78 is 0. The Morgan fingerprint density at radius 1 is 1.50 bits per heavy atom. The fourth-order valence-corrected chi connectivity index (χ4v) is 1.84. The van der Waals surface area contributed by atoms with Gasteiger partial charge in [-0.2, -0.15) is 5.10 Å². The second-order valence-electron chi connectivity index (χ2n) is 3.83.